The summed E-state index contributed by atoms with van der Waals surface area (Å²) in [5, 5.41) is 2.79. The van der Waals surface area contributed by atoms with Gasteiger partial charge in [0.1, 0.15) is 5.75 Å². The van der Waals surface area contributed by atoms with Gasteiger partial charge >= 0.3 is 6.18 Å². The van der Waals surface area contributed by atoms with E-state index in [2.05, 4.69) is 10.3 Å². The summed E-state index contributed by atoms with van der Waals surface area (Å²) in [6.45, 7) is 5.99. The van der Waals surface area contributed by atoms with Crippen LogP contribution >= 0.6 is 0 Å². The lowest BCUT2D eigenvalue weighted by atomic mass is 9.70. The van der Waals surface area contributed by atoms with Gasteiger partial charge in [0.2, 0.25) is 5.91 Å². The monoisotopic (exact) mass is 433 g/mol. The molecule has 1 aromatic rings. The van der Waals surface area contributed by atoms with Crippen molar-refractivity contribution in [1.82, 2.24) is 14.6 Å². The zero-order chi connectivity index (χ0) is 21.7. The third-order valence-electron chi connectivity index (χ3n) is 5.71. The van der Waals surface area contributed by atoms with Gasteiger partial charge in [-0.05, 0) is 38.3 Å². The maximum absolute atomic E-state index is 12.8. The van der Waals surface area contributed by atoms with E-state index in [0.29, 0.717) is 31.7 Å². The molecule has 1 aliphatic rings. The largest absolute Gasteiger partial charge is 0.598 e. The highest BCUT2D eigenvalue weighted by Gasteiger charge is 2.45. The number of nitrogens with one attached hydrogen (secondary N) is 1. The fourth-order valence-corrected chi connectivity index (χ4v) is 4.99. The smallest absolute Gasteiger partial charge is 0.392 e. The lowest BCUT2D eigenvalue weighted by molar-refractivity contribution is -0.174. The minimum absolute atomic E-state index is 0.396. The van der Waals surface area contributed by atoms with Crippen molar-refractivity contribution in [1.29, 1.82) is 0 Å². The summed E-state index contributed by atoms with van der Waals surface area (Å²) in [4.78, 5) is 16.8. The molecule has 29 heavy (non-hydrogen) atoms. The fourth-order valence-electron chi connectivity index (χ4n) is 3.79. The lowest BCUT2D eigenvalue weighted by Crippen LogP contribution is -2.56. The van der Waals surface area contributed by atoms with Gasteiger partial charge in [0, 0.05) is 54.2 Å². The molecule has 0 saturated carbocycles. The topological polar surface area (TPSA) is 68.3 Å². The molecule has 0 radical (unpaired) electrons. The number of pyridine rings is 1. The van der Waals surface area contributed by atoms with E-state index in [4.69, 9.17) is 0 Å². The Morgan fingerprint density at radius 2 is 2.00 bits per heavy atom. The van der Waals surface area contributed by atoms with Crippen molar-refractivity contribution in [3.8, 4) is 0 Å². The highest BCUT2D eigenvalue weighted by Crippen LogP contribution is 2.38. The number of rotatable bonds is 8. The molecule has 9 heteroatoms. The van der Waals surface area contributed by atoms with Crippen LogP contribution in [0.25, 0.3) is 0 Å². The van der Waals surface area contributed by atoms with Gasteiger partial charge in [0.05, 0.1) is 5.92 Å². The molecule has 1 aromatic heterocycles. The quantitative estimate of drug-likeness (QED) is 0.637. The van der Waals surface area contributed by atoms with Crippen molar-refractivity contribution >= 4 is 17.3 Å². The molecular formula is C20H30F3N3O2S. The van der Waals surface area contributed by atoms with Gasteiger partial charge in [-0.15, -0.1) is 4.31 Å². The van der Waals surface area contributed by atoms with E-state index in [-0.39, 0.29) is 0 Å². The number of hydrogen-bond donors (Lipinski definition) is 1. The Hall–Kier alpha value is -1.32. The second-order valence-electron chi connectivity index (χ2n) is 7.76. The van der Waals surface area contributed by atoms with Crippen LogP contribution in [-0.4, -0.2) is 50.8 Å². The van der Waals surface area contributed by atoms with Gasteiger partial charge in [-0.25, -0.2) is 0 Å². The third kappa shape index (κ3) is 6.08. The molecule has 0 aliphatic carbocycles. The number of piperidine rings is 1. The first-order chi connectivity index (χ1) is 13.6. The van der Waals surface area contributed by atoms with E-state index in [1.54, 1.807) is 12.3 Å². The van der Waals surface area contributed by atoms with Gasteiger partial charge in [-0.3, -0.25) is 9.78 Å². The van der Waals surface area contributed by atoms with E-state index < -0.39 is 47.2 Å². The molecule has 2 heterocycles. The minimum Gasteiger partial charge on any atom is -0.598 e. The Morgan fingerprint density at radius 1 is 1.34 bits per heavy atom. The molecule has 2 rings (SSSR count). The van der Waals surface area contributed by atoms with E-state index >= 15 is 0 Å². The number of carbonyl (C=O) groups excluding carboxylic acids is 1. The van der Waals surface area contributed by atoms with Crippen molar-refractivity contribution in [2.45, 2.75) is 64.1 Å². The SMILES string of the molecule is CCC[S+]([O-])N1CCC(c2ccccn2)([C@H](C)NC(=O)CC(C)C(F)(F)F)CC1. The average molecular weight is 434 g/mol. The highest BCUT2D eigenvalue weighted by molar-refractivity contribution is 7.89. The van der Waals surface area contributed by atoms with Crippen LogP contribution in [0.5, 0.6) is 0 Å². The van der Waals surface area contributed by atoms with Crippen LogP contribution in [0.15, 0.2) is 24.4 Å². The van der Waals surface area contributed by atoms with Gasteiger partial charge in [0.15, 0.2) is 0 Å². The number of aromatic nitrogens is 1. The number of amides is 1. The van der Waals surface area contributed by atoms with Crippen LogP contribution in [0, 0.1) is 5.92 Å². The molecule has 0 aromatic carbocycles. The number of nitrogens with zero attached hydrogens (tertiary/aromatic N) is 2. The summed E-state index contributed by atoms with van der Waals surface area (Å²) in [6.07, 6.45) is -1.24. The molecule has 0 spiro atoms. The van der Waals surface area contributed by atoms with Crippen LogP contribution in [0.1, 0.15) is 52.1 Å². The molecular weight excluding hydrogens is 403 g/mol. The maximum atomic E-state index is 12.8. The maximum Gasteiger partial charge on any atom is 0.392 e. The number of halogens is 3. The Kier molecular flexibility index (Phi) is 8.37. The Labute approximate surface area is 173 Å². The van der Waals surface area contributed by atoms with Crippen molar-refractivity contribution in [3.05, 3.63) is 30.1 Å². The number of carbonyl (C=O) groups is 1. The van der Waals surface area contributed by atoms with Crippen LogP contribution in [0.4, 0.5) is 13.2 Å². The van der Waals surface area contributed by atoms with E-state index in [0.717, 1.165) is 19.0 Å². The highest BCUT2D eigenvalue weighted by atomic mass is 32.2. The molecule has 1 fully saturated rings. The zero-order valence-electron chi connectivity index (χ0n) is 17.2. The van der Waals surface area contributed by atoms with Crippen molar-refractivity contribution in [2.24, 2.45) is 5.92 Å². The van der Waals surface area contributed by atoms with Gasteiger partial charge < -0.3 is 9.87 Å². The lowest BCUT2D eigenvalue weighted by Gasteiger charge is -2.44. The van der Waals surface area contributed by atoms with Crippen LogP contribution in [0.2, 0.25) is 0 Å². The zero-order valence-corrected chi connectivity index (χ0v) is 18.0. The molecule has 1 amide bonds. The third-order valence-corrected chi connectivity index (χ3v) is 7.41. The molecule has 2 unspecified atom stereocenters. The molecule has 5 nitrogen and oxygen atoms in total. The molecule has 164 valence electrons. The minimum atomic E-state index is -4.39. The first kappa shape index (κ1) is 24.0. The fraction of sp³-hybridized carbons (Fsp3) is 0.700. The summed E-state index contributed by atoms with van der Waals surface area (Å²) >= 11 is -1.04. The predicted octanol–water partition coefficient (Wildman–Crippen LogP) is 3.58. The summed E-state index contributed by atoms with van der Waals surface area (Å²) in [7, 11) is 0. The Morgan fingerprint density at radius 3 is 2.52 bits per heavy atom. The number of hydrogen-bond acceptors (Lipinski definition) is 4. The van der Waals surface area contributed by atoms with E-state index in [1.807, 2.05) is 30.3 Å². The molecule has 0 bridgehead atoms. The molecule has 1 N–H and O–H groups in total. The van der Waals surface area contributed by atoms with Crippen LogP contribution in [0.3, 0.4) is 0 Å². The summed E-state index contributed by atoms with van der Waals surface area (Å²) in [5.74, 6) is -1.70. The predicted molar refractivity (Wildman–Crippen MR) is 107 cm³/mol. The first-order valence-corrected chi connectivity index (χ1v) is 11.3. The first-order valence-electron chi connectivity index (χ1n) is 10.0. The van der Waals surface area contributed by atoms with E-state index in [1.165, 1.54) is 0 Å². The van der Waals surface area contributed by atoms with Crippen molar-refractivity contribution in [3.63, 3.8) is 0 Å². The van der Waals surface area contributed by atoms with Crippen molar-refractivity contribution < 1.29 is 22.5 Å². The normalized spacial score (nSPS) is 20.7. The standard InChI is InChI=1S/C20H30F3N3O2S/c1-4-13-29(28)26-11-8-19(9-12-26,17-7-5-6-10-24-17)16(3)25-18(27)14-15(2)20(21,22)23/h5-7,10,15-16H,4,8-9,11-14H2,1-3H3,(H,25,27)/t15?,16-,29?/m0/s1. The second-order valence-corrected chi connectivity index (χ2v) is 9.33. The average Bonchev–Trinajstić information content (AvgIpc) is 2.68. The summed E-state index contributed by atoms with van der Waals surface area (Å²) < 4.78 is 52.7. The molecule has 1 saturated heterocycles. The summed E-state index contributed by atoms with van der Waals surface area (Å²) in [6, 6.07) is 5.16. The van der Waals surface area contributed by atoms with Gasteiger partial charge in [0.25, 0.3) is 0 Å². The molecule has 3 atom stereocenters. The van der Waals surface area contributed by atoms with Gasteiger partial charge in [-0.2, -0.15) is 13.2 Å². The van der Waals surface area contributed by atoms with E-state index in [9.17, 15) is 22.5 Å². The van der Waals surface area contributed by atoms with Crippen LogP contribution < -0.4 is 5.32 Å². The Bertz CT molecular complexity index is 652. The molecule has 1 aliphatic heterocycles. The van der Waals surface area contributed by atoms with Crippen molar-refractivity contribution in [2.75, 3.05) is 18.8 Å². The second kappa shape index (κ2) is 10.1. The summed E-state index contributed by atoms with van der Waals surface area (Å²) in [5.41, 5.74) is 0.295. The van der Waals surface area contributed by atoms with Crippen LogP contribution in [-0.2, 0) is 21.6 Å². The Balaban J connectivity index is 2.14. The van der Waals surface area contributed by atoms with Gasteiger partial charge in [-0.1, -0.05) is 19.9 Å². The number of alkyl halides is 3.